The van der Waals surface area contributed by atoms with Crippen LogP contribution in [0.3, 0.4) is 0 Å². The summed E-state index contributed by atoms with van der Waals surface area (Å²) >= 11 is 5.83. The highest BCUT2D eigenvalue weighted by molar-refractivity contribution is 6.31. The molecule has 0 bridgehead atoms. The van der Waals surface area contributed by atoms with E-state index in [1.165, 1.54) is 12.1 Å². The number of aliphatic hydroxyl groups is 2. The van der Waals surface area contributed by atoms with Crippen LogP contribution in [-0.2, 0) is 9.53 Å². The normalized spacial score (nSPS) is 13.7. The Hall–Kier alpha value is -1.63. The largest absolute Gasteiger partial charge is 0.478 e. The summed E-state index contributed by atoms with van der Waals surface area (Å²) in [4.78, 5) is 21.7. The molecule has 2 unspecified atom stereocenters. The maximum absolute atomic E-state index is 11.0. The van der Waals surface area contributed by atoms with Gasteiger partial charge in [0, 0.05) is 10.6 Å². The van der Waals surface area contributed by atoms with E-state index >= 15 is 0 Å². The first kappa shape index (κ1) is 15.4. The summed E-state index contributed by atoms with van der Waals surface area (Å²) in [6.07, 6.45) is -3.19. The zero-order valence-electron chi connectivity index (χ0n) is 10.0. The molecule has 0 saturated carbocycles. The number of benzene rings is 1. The fraction of sp³-hybridized carbons (Fsp3) is 0.333. The monoisotopic (exact) mass is 288 g/mol. The number of ether oxygens (including phenoxy) is 1. The summed E-state index contributed by atoms with van der Waals surface area (Å²) in [5.74, 6) is -1.83. The van der Waals surface area contributed by atoms with Gasteiger partial charge in [0.1, 0.15) is 6.10 Å². The summed E-state index contributed by atoms with van der Waals surface area (Å²) < 4.78 is 4.37. The smallest absolute Gasteiger partial charge is 0.335 e. The molecule has 0 saturated heterocycles. The van der Waals surface area contributed by atoms with E-state index in [0.717, 1.165) is 13.2 Å². The van der Waals surface area contributed by atoms with Gasteiger partial charge in [-0.25, -0.2) is 4.79 Å². The number of carbonyl (C=O) groups excluding carboxylic acids is 1. The highest BCUT2D eigenvalue weighted by Gasteiger charge is 2.24. The van der Waals surface area contributed by atoms with Crippen molar-refractivity contribution in [2.75, 3.05) is 7.11 Å². The van der Waals surface area contributed by atoms with Gasteiger partial charge in [0.15, 0.2) is 0 Å². The fourth-order valence-corrected chi connectivity index (χ4v) is 1.77. The number of esters is 1. The molecule has 6 nitrogen and oxygen atoms in total. The SMILES string of the molecule is COC(=O)CC(O)C(O)c1ccc(C(=O)O)cc1Cl. The predicted octanol–water partition coefficient (Wildman–Crippen LogP) is 0.996. The molecule has 0 aliphatic carbocycles. The molecule has 0 radical (unpaired) electrons. The van der Waals surface area contributed by atoms with Crippen LogP contribution in [0.2, 0.25) is 5.02 Å². The number of hydrogen-bond acceptors (Lipinski definition) is 5. The molecule has 0 aliphatic rings. The molecule has 0 aromatic heterocycles. The van der Waals surface area contributed by atoms with E-state index < -0.39 is 30.6 Å². The second kappa shape index (κ2) is 6.51. The van der Waals surface area contributed by atoms with Crippen LogP contribution in [0.15, 0.2) is 18.2 Å². The quantitative estimate of drug-likeness (QED) is 0.698. The number of rotatable bonds is 5. The third-order valence-corrected chi connectivity index (χ3v) is 2.86. The highest BCUT2D eigenvalue weighted by Crippen LogP contribution is 2.27. The molecular weight excluding hydrogens is 276 g/mol. The van der Waals surface area contributed by atoms with Gasteiger partial charge in [0.2, 0.25) is 0 Å². The van der Waals surface area contributed by atoms with E-state index in [0.29, 0.717) is 0 Å². The number of hydrogen-bond donors (Lipinski definition) is 3. The lowest BCUT2D eigenvalue weighted by Gasteiger charge is -2.18. The van der Waals surface area contributed by atoms with Crippen LogP contribution < -0.4 is 0 Å². The van der Waals surface area contributed by atoms with Gasteiger partial charge in [-0.3, -0.25) is 4.79 Å². The molecule has 104 valence electrons. The van der Waals surface area contributed by atoms with Crippen molar-refractivity contribution in [3.8, 4) is 0 Å². The third-order valence-electron chi connectivity index (χ3n) is 2.53. The van der Waals surface area contributed by atoms with Crippen LogP contribution in [0, 0.1) is 0 Å². The zero-order valence-corrected chi connectivity index (χ0v) is 10.8. The second-order valence-corrected chi connectivity index (χ2v) is 4.24. The Bertz CT molecular complexity index is 487. The first-order chi connectivity index (χ1) is 8.86. The van der Waals surface area contributed by atoms with Gasteiger partial charge in [0.05, 0.1) is 25.2 Å². The van der Waals surface area contributed by atoms with Crippen molar-refractivity contribution in [3.05, 3.63) is 34.3 Å². The van der Waals surface area contributed by atoms with Crippen molar-refractivity contribution in [3.63, 3.8) is 0 Å². The van der Waals surface area contributed by atoms with Crippen LogP contribution in [0.1, 0.15) is 28.4 Å². The van der Waals surface area contributed by atoms with Gasteiger partial charge < -0.3 is 20.1 Å². The van der Waals surface area contributed by atoms with Crippen LogP contribution in [0.4, 0.5) is 0 Å². The van der Waals surface area contributed by atoms with Gasteiger partial charge >= 0.3 is 11.9 Å². The maximum Gasteiger partial charge on any atom is 0.335 e. The van der Waals surface area contributed by atoms with Crippen LogP contribution in [0.25, 0.3) is 0 Å². The second-order valence-electron chi connectivity index (χ2n) is 3.83. The Morgan fingerprint density at radius 3 is 2.47 bits per heavy atom. The summed E-state index contributed by atoms with van der Waals surface area (Å²) in [6, 6.07) is 3.70. The summed E-state index contributed by atoms with van der Waals surface area (Å²) in [7, 11) is 1.16. The van der Waals surface area contributed by atoms with Crippen molar-refractivity contribution >= 4 is 23.5 Å². The Morgan fingerprint density at radius 2 is 2.00 bits per heavy atom. The number of halogens is 1. The van der Waals surface area contributed by atoms with Crippen molar-refractivity contribution in [2.45, 2.75) is 18.6 Å². The lowest BCUT2D eigenvalue weighted by Crippen LogP contribution is -2.23. The minimum atomic E-state index is -1.41. The molecule has 0 fully saturated rings. The van der Waals surface area contributed by atoms with Crippen molar-refractivity contribution in [2.24, 2.45) is 0 Å². The van der Waals surface area contributed by atoms with E-state index in [1.54, 1.807) is 0 Å². The van der Waals surface area contributed by atoms with Crippen molar-refractivity contribution in [1.82, 2.24) is 0 Å². The van der Waals surface area contributed by atoms with Gasteiger partial charge in [-0.2, -0.15) is 0 Å². The molecule has 3 N–H and O–H groups in total. The lowest BCUT2D eigenvalue weighted by molar-refractivity contribution is -0.144. The summed E-state index contributed by atoms with van der Waals surface area (Å²) in [5, 5.41) is 28.3. The molecule has 1 aromatic rings. The zero-order chi connectivity index (χ0) is 14.6. The van der Waals surface area contributed by atoms with Gasteiger partial charge in [0.25, 0.3) is 0 Å². The number of carbonyl (C=O) groups is 2. The summed E-state index contributed by atoms with van der Waals surface area (Å²) in [5.41, 5.74) is 0.103. The number of methoxy groups -OCH3 is 1. The van der Waals surface area contributed by atoms with Crippen molar-refractivity contribution in [1.29, 1.82) is 0 Å². The molecule has 0 aliphatic heterocycles. The molecule has 0 heterocycles. The van der Waals surface area contributed by atoms with Crippen molar-refractivity contribution < 1.29 is 29.6 Å². The van der Waals surface area contributed by atoms with Gasteiger partial charge in [-0.15, -0.1) is 0 Å². The number of carboxylic acid groups (broad SMARTS) is 1. The molecule has 1 rings (SSSR count). The average molecular weight is 289 g/mol. The first-order valence-electron chi connectivity index (χ1n) is 5.32. The Morgan fingerprint density at radius 1 is 1.37 bits per heavy atom. The highest BCUT2D eigenvalue weighted by atomic mass is 35.5. The van der Waals surface area contributed by atoms with Crippen LogP contribution in [0.5, 0.6) is 0 Å². The number of aliphatic hydroxyl groups excluding tert-OH is 2. The maximum atomic E-state index is 11.0. The molecule has 19 heavy (non-hydrogen) atoms. The van der Waals surface area contributed by atoms with E-state index in [1.807, 2.05) is 0 Å². The Balaban J connectivity index is 2.90. The lowest BCUT2D eigenvalue weighted by atomic mass is 10.0. The van der Waals surface area contributed by atoms with E-state index in [-0.39, 0.29) is 16.1 Å². The minimum Gasteiger partial charge on any atom is -0.478 e. The first-order valence-corrected chi connectivity index (χ1v) is 5.70. The van der Waals surface area contributed by atoms with E-state index in [9.17, 15) is 19.8 Å². The molecule has 7 heteroatoms. The molecule has 2 atom stereocenters. The van der Waals surface area contributed by atoms with E-state index in [2.05, 4.69) is 4.74 Å². The van der Waals surface area contributed by atoms with Gasteiger partial charge in [-0.1, -0.05) is 17.7 Å². The fourth-order valence-electron chi connectivity index (χ4n) is 1.47. The van der Waals surface area contributed by atoms with Crippen LogP contribution in [-0.4, -0.2) is 40.5 Å². The predicted molar refractivity (Wildman–Crippen MR) is 66.0 cm³/mol. The Labute approximate surface area is 114 Å². The summed E-state index contributed by atoms with van der Waals surface area (Å²) in [6.45, 7) is 0. The minimum absolute atomic E-state index is 0.00341. The molecule has 0 amide bonds. The molecular formula is C12H13ClO6. The average Bonchev–Trinajstić information content (AvgIpc) is 2.37. The standard InChI is InChI=1S/C12H13ClO6/c1-19-10(15)5-9(14)11(16)7-3-2-6(12(17)18)4-8(7)13/h2-4,9,11,14,16H,5H2,1H3,(H,17,18). The molecule has 0 spiro atoms. The third kappa shape index (κ3) is 3.92. The number of carboxylic acids is 1. The topological polar surface area (TPSA) is 104 Å². The Kier molecular flexibility index (Phi) is 5.29. The van der Waals surface area contributed by atoms with Gasteiger partial charge in [-0.05, 0) is 12.1 Å². The van der Waals surface area contributed by atoms with E-state index in [4.69, 9.17) is 16.7 Å². The number of aromatic carboxylic acids is 1. The molecule has 1 aromatic carbocycles. The van der Waals surface area contributed by atoms with Crippen LogP contribution >= 0.6 is 11.6 Å².